The second kappa shape index (κ2) is 6.58. The van der Waals surface area contributed by atoms with Gasteiger partial charge in [0.25, 0.3) is 0 Å². The quantitative estimate of drug-likeness (QED) is 0.732. The van der Waals surface area contributed by atoms with E-state index in [1.165, 1.54) is 13.1 Å². The predicted molar refractivity (Wildman–Crippen MR) is 76.4 cm³/mol. The lowest BCUT2D eigenvalue weighted by Crippen LogP contribution is -2.57. The van der Waals surface area contributed by atoms with Crippen LogP contribution in [0.3, 0.4) is 0 Å². The van der Waals surface area contributed by atoms with E-state index in [2.05, 4.69) is 20.1 Å². The average Bonchev–Trinajstić information content (AvgIpc) is 2.53. The molecule has 20 heavy (non-hydrogen) atoms. The second-order valence-electron chi connectivity index (χ2n) is 5.43. The van der Waals surface area contributed by atoms with Crippen molar-refractivity contribution in [2.24, 2.45) is 0 Å². The second-order valence-corrected chi connectivity index (χ2v) is 5.43. The van der Waals surface area contributed by atoms with Crippen molar-refractivity contribution in [1.82, 2.24) is 25.1 Å². The summed E-state index contributed by atoms with van der Waals surface area (Å²) in [5.74, 6) is 0.973. The van der Waals surface area contributed by atoms with Gasteiger partial charge in [0.05, 0.1) is 18.3 Å². The smallest absolute Gasteiger partial charge is 0.147 e. The van der Waals surface area contributed by atoms with Crippen LogP contribution in [0.15, 0.2) is 12.3 Å². The van der Waals surface area contributed by atoms with E-state index in [0.29, 0.717) is 6.04 Å². The molecule has 1 unspecified atom stereocenters. The van der Waals surface area contributed by atoms with Gasteiger partial charge in [-0.2, -0.15) is 0 Å². The highest BCUT2D eigenvalue weighted by Crippen LogP contribution is 2.26. The van der Waals surface area contributed by atoms with Crippen molar-refractivity contribution in [3.63, 3.8) is 0 Å². The fourth-order valence-corrected chi connectivity index (χ4v) is 2.93. The molecule has 0 radical (unpaired) electrons. The molecule has 0 amide bonds. The zero-order valence-corrected chi connectivity index (χ0v) is 12.1. The van der Waals surface area contributed by atoms with E-state index in [9.17, 15) is 0 Å². The van der Waals surface area contributed by atoms with Gasteiger partial charge in [-0.1, -0.05) is 0 Å². The number of piperazine rings is 3. The first-order valence-electron chi connectivity index (χ1n) is 7.34. The Hall–Kier alpha value is -1.08. The van der Waals surface area contributed by atoms with Crippen LogP contribution in [0.5, 0.6) is 0 Å². The van der Waals surface area contributed by atoms with Crippen LogP contribution in [0.1, 0.15) is 17.6 Å². The Kier molecular flexibility index (Phi) is 4.57. The Morgan fingerprint density at radius 1 is 1.35 bits per heavy atom. The summed E-state index contributed by atoms with van der Waals surface area (Å²) >= 11 is 0. The molecule has 1 aromatic heterocycles. The Morgan fingerprint density at radius 2 is 2.20 bits per heavy atom. The molecule has 2 bridgehead atoms. The van der Waals surface area contributed by atoms with Crippen LogP contribution in [-0.2, 0) is 11.3 Å². The average molecular weight is 277 g/mol. The number of fused-ring (bicyclic) bond motifs is 3. The van der Waals surface area contributed by atoms with E-state index in [0.717, 1.165) is 50.8 Å². The standard InChI is InChI=1S/C14H23N5O/c1-20-9-4-15-10-12-2-3-16-14(17-12)13-11-18-5-7-19(13)8-6-18/h2-3,13,15H,4-11H2,1H3. The molecule has 1 N–H and O–H groups in total. The first-order chi connectivity index (χ1) is 9.86. The summed E-state index contributed by atoms with van der Waals surface area (Å²) in [4.78, 5) is 14.2. The number of nitrogens with one attached hydrogen (secondary N) is 1. The highest BCUT2D eigenvalue weighted by Gasteiger charge is 2.34. The van der Waals surface area contributed by atoms with Crippen LogP contribution in [0, 0.1) is 0 Å². The SMILES string of the molecule is COCCNCc1ccnc(C2CN3CCN2CC3)n1. The molecule has 0 aliphatic carbocycles. The van der Waals surface area contributed by atoms with Crippen molar-refractivity contribution in [3.8, 4) is 0 Å². The van der Waals surface area contributed by atoms with Gasteiger partial charge < -0.3 is 10.1 Å². The summed E-state index contributed by atoms with van der Waals surface area (Å²) in [5, 5.41) is 3.33. The molecule has 6 heteroatoms. The lowest BCUT2D eigenvalue weighted by molar-refractivity contribution is 0.00855. The molecule has 110 valence electrons. The van der Waals surface area contributed by atoms with Gasteiger partial charge in [-0.15, -0.1) is 0 Å². The lowest BCUT2D eigenvalue weighted by Gasteiger charge is -2.46. The van der Waals surface area contributed by atoms with Crippen molar-refractivity contribution in [3.05, 3.63) is 23.8 Å². The summed E-state index contributed by atoms with van der Waals surface area (Å²) in [6.07, 6.45) is 1.88. The third-order valence-corrected chi connectivity index (χ3v) is 4.10. The van der Waals surface area contributed by atoms with Gasteiger partial charge in [0, 0.05) is 59.1 Å². The van der Waals surface area contributed by atoms with Gasteiger partial charge >= 0.3 is 0 Å². The molecule has 3 aliphatic heterocycles. The summed E-state index contributed by atoms with van der Waals surface area (Å²) in [6, 6.07) is 2.36. The monoisotopic (exact) mass is 277 g/mol. The first kappa shape index (κ1) is 13.9. The third kappa shape index (κ3) is 3.15. The normalized spacial score (nSPS) is 28.8. The molecule has 4 heterocycles. The van der Waals surface area contributed by atoms with Gasteiger partial charge in [-0.3, -0.25) is 9.80 Å². The van der Waals surface area contributed by atoms with Crippen LogP contribution in [-0.4, -0.2) is 72.8 Å². The maximum absolute atomic E-state index is 5.02. The molecular formula is C14H23N5O. The van der Waals surface area contributed by atoms with Crippen LogP contribution >= 0.6 is 0 Å². The largest absolute Gasteiger partial charge is 0.383 e. The Morgan fingerprint density at radius 3 is 2.90 bits per heavy atom. The number of aromatic nitrogens is 2. The molecule has 0 saturated carbocycles. The fourth-order valence-electron chi connectivity index (χ4n) is 2.93. The van der Waals surface area contributed by atoms with E-state index in [-0.39, 0.29) is 0 Å². The zero-order chi connectivity index (χ0) is 13.8. The van der Waals surface area contributed by atoms with Crippen LogP contribution < -0.4 is 5.32 Å². The molecule has 1 atom stereocenters. The van der Waals surface area contributed by atoms with Crippen molar-refractivity contribution in [2.75, 3.05) is 53.0 Å². The van der Waals surface area contributed by atoms with E-state index >= 15 is 0 Å². The van der Waals surface area contributed by atoms with Gasteiger partial charge in [0.1, 0.15) is 5.82 Å². The first-order valence-corrected chi connectivity index (χ1v) is 7.34. The molecule has 0 aromatic carbocycles. The summed E-state index contributed by atoms with van der Waals surface area (Å²) in [5.41, 5.74) is 1.06. The molecule has 3 fully saturated rings. The Labute approximate surface area is 120 Å². The predicted octanol–water partition coefficient (Wildman–Crippen LogP) is -0.115. The van der Waals surface area contributed by atoms with Crippen LogP contribution in [0.25, 0.3) is 0 Å². The maximum Gasteiger partial charge on any atom is 0.147 e. The number of rotatable bonds is 6. The number of methoxy groups -OCH3 is 1. The summed E-state index contributed by atoms with van der Waals surface area (Å²) in [7, 11) is 1.71. The molecular weight excluding hydrogens is 254 g/mol. The lowest BCUT2D eigenvalue weighted by atomic mass is 10.1. The fraction of sp³-hybridized carbons (Fsp3) is 0.714. The Balaban J connectivity index is 1.62. The topological polar surface area (TPSA) is 53.5 Å². The van der Waals surface area contributed by atoms with Crippen molar-refractivity contribution in [1.29, 1.82) is 0 Å². The molecule has 4 rings (SSSR count). The van der Waals surface area contributed by atoms with Crippen molar-refractivity contribution < 1.29 is 4.74 Å². The number of hydrogen-bond donors (Lipinski definition) is 1. The van der Waals surface area contributed by atoms with Crippen LogP contribution in [0.2, 0.25) is 0 Å². The molecule has 3 aliphatic rings. The van der Waals surface area contributed by atoms with Gasteiger partial charge in [-0.25, -0.2) is 9.97 Å². The minimum absolute atomic E-state index is 0.372. The number of ether oxygens (including phenoxy) is 1. The van der Waals surface area contributed by atoms with E-state index < -0.39 is 0 Å². The Bertz CT molecular complexity index is 433. The van der Waals surface area contributed by atoms with Gasteiger partial charge in [0.2, 0.25) is 0 Å². The molecule has 0 spiro atoms. The number of nitrogens with zero attached hydrogens (tertiary/aromatic N) is 4. The van der Waals surface area contributed by atoms with E-state index in [1.807, 2.05) is 12.3 Å². The molecule has 1 aromatic rings. The van der Waals surface area contributed by atoms with Gasteiger partial charge in [-0.05, 0) is 6.07 Å². The minimum Gasteiger partial charge on any atom is -0.383 e. The highest BCUT2D eigenvalue weighted by atomic mass is 16.5. The zero-order valence-electron chi connectivity index (χ0n) is 12.1. The van der Waals surface area contributed by atoms with Crippen molar-refractivity contribution in [2.45, 2.75) is 12.6 Å². The third-order valence-electron chi connectivity index (χ3n) is 4.10. The minimum atomic E-state index is 0.372. The maximum atomic E-state index is 5.02. The summed E-state index contributed by atoms with van der Waals surface area (Å²) in [6.45, 7) is 8.08. The van der Waals surface area contributed by atoms with E-state index in [1.54, 1.807) is 7.11 Å². The van der Waals surface area contributed by atoms with Crippen LogP contribution in [0.4, 0.5) is 0 Å². The van der Waals surface area contributed by atoms with Crippen molar-refractivity contribution >= 4 is 0 Å². The summed E-state index contributed by atoms with van der Waals surface area (Å²) < 4.78 is 5.02. The van der Waals surface area contributed by atoms with Gasteiger partial charge in [0.15, 0.2) is 0 Å². The number of hydrogen-bond acceptors (Lipinski definition) is 6. The molecule has 3 saturated heterocycles. The molecule has 6 nitrogen and oxygen atoms in total. The van der Waals surface area contributed by atoms with E-state index in [4.69, 9.17) is 9.72 Å². The highest BCUT2D eigenvalue weighted by molar-refractivity contribution is 5.08.